The topological polar surface area (TPSA) is 68.3 Å². The van der Waals surface area contributed by atoms with Crippen LogP contribution >= 0.6 is 0 Å². The first-order chi connectivity index (χ1) is 19.9. The first kappa shape index (κ1) is 28.7. The Bertz CT molecular complexity index is 1370. The molecule has 1 unspecified atom stereocenters. The molecule has 3 aromatic rings. The van der Waals surface area contributed by atoms with Crippen molar-refractivity contribution in [2.75, 3.05) is 59.3 Å². The fourth-order valence-corrected chi connectivity index (χ4v) is 6.47. The van der Waals surface area contributed by atoms with Crippen LogP contribution in [0.25, 0.3) is 0 Å². The van der Waals surface area contributed by atoms with Crippen LogP contribution in [-0.4, -0.2) is 91.4 Å². The highest BCUT2D eigenvalue weighted by atomic mass is 16.5. The number of methoxy groups -OCH3 is 1. The van der Waals surface area contributed by atoms with Gasteiger partial charge in [-0.25, -0.2) is 4.79 Å². The van der Waals surface area contributed by atoms with E-state index in [0.29, 0.717) is 13.1 Å². The van der Waals surface area contributed by atoms with Crippen LogP contribution in [-0.2, 0) is 0 Å². The molecule has 2 aliphatic heterocycles. The summed E-state index contributed by atoms with van der Waals surface area (Å²) in [5.74, 6) is 7.32. The summed E-state index contributed by atoms with van der Waals surface area (Å²) in [6.07, 6.45) is 1.89. The number of nitrogens with one attached hydrogen (secondary N) is 1. The van der Waals surface area contributed by atoms with E-state index in [1.165, 1.54) is 5.56 Å². The minimum absolute atomic E-state index is 0.0555. The molecule has 7 heteroatoms. The number of amides is 2. The molecular weight excluding hydrogens is 512 g/mol. The lowest BCUT2D eigenvalue weighted by molar-refractivity contribution is -0.144. The molecule has 0 aliphatic carbocycles. The predicted octanol–water partition coefficient (Wildman–Crippen LogP) is 4.48. The zero-order chi connectivity index (χ0) is 28.8. The molecule has 3 aromatic carbocycles. The zero-order valence-corrected chi connectivity index (χ0v) is 24.2. The number of fused-ring (bicyclic) bond motifs is 1. The Morgan fingerprint density at radius 2 is 1.63 bits per heavy atom. The van der Waals surface area contributed by atoms with Crippen LogP contribution in [0.1, 0.15) is 35.4 Å². The van der Waals surface area contributed by atoms with Crippen LogP contribution in [0.4, 0.5) is 10.5 Å². The minimum atomic E-state index is -0.416. The lowest BCUT2D eigenvalue weighted by Crippen LogP contribution is -2.78. The predicted molar refractivity (Wildman–Crippen MR) is 163 cm³/mol. The average Bonchev–Trinajstić information content (AvgIpc) is 2.98. The van der Waals surface area contributed by atoms with E-state index in [1.807, 2.05) is 59.5 Å². The Balaban J connectivity index is 1.40. The van der Waals surface area contributed by atoms with E-state index in [-0.39, 0.29) is 24.6 Å². The highest BCUT2D eigenvalue weighted by molar-refractivity contribution is 5.89. The third kappa shape index (κ3) is 6.25. The minimum Gasteiger partial charge on any atom is -0.497 e. The van der Waals surface area contributed by atoms with Gasteiger partial charge in [0.05, 0.1) is 19.3 Å². The van der Waals surface area contributed by atoms with Crippen LogP contribution in [0.3, 0.4) is 0 Å². The molecule has 0 radical (unpaired) electrons. The second kappa shape index (κ2) is 12.8. The molecular formula is C34H40N4O3. The lowest BCUT2D eigenvalue weighted by Gasteiger charge is -2.65. The highest BCUT2D eigenvalue weighted by Gasteiger charge is 2.60. The van der Waals surface area contributed by atoms with Gasteiger partial charge in [0.25, 0.3) is 0 Å². The monoisotopic (exact) mass is 552 g/mol. The van der Waals surface area contributed by atoms with Crippen molar-refractivity contribution >= 4 is 11.7 Å². The quantitative estimate of drug-likeness (QED) is 0.442. The van der Waals surface area contributed by atoms with Crippen LogP contribution in [0.15, 0.2) is 78.9 Å². The number of aliphatic hydroxyl groups is 1. The SMILES string of the molecule is COc1ccc(NC(=O)N2CCCCN3[C@@H](C2)C(c2ccc(C#Cc4ccccc4)cc2)[C@@]3(CO)CN(C)C)cc1. The second-order valence-corrected chi connectivity index (χ2v) is 11.3. The average molecular weight is 553 g/mol. The van der Waals surface area contributed by atoms with Crippen molar-refractivity contribution in [1.29, 1.82) is 0 Å². The van der Waals surface area contributed by atoms with E-state index < -0.39 is 5.54 Å². The third-order valence-electron chi connectivity index (χ3n) is 8.31. The highest BCUT2D eigenvalue weighted by Crippen LogP contribution is 2.50. The van der Waals surface area contributed by atoms with Crippen molar-refractivity contribution in [1.82, 2.24) is 14.7 Å². The molecule has 41 heavy (non-hydrogen) atoms. The number of ether oxygens (including phenoxy) is 1. The summed E-state index contributed by atoms with van der Waals surface area (Å²) in [5, 5.41) is 14.0. The van der Waals surface area contributed by atoms with Gasteiger partial charge in [0.2, 0.25) is 0 Å². The summed E-state index contributed by atoms with van der Waals surface area (Å²) >= 11 is 0. The van der Waals surface area contributed by atoms with Gasteiger partial charge in [-0.05, 0) is 87.6 Å². The molecule has 2 heterocycles. The van der Waals surface area contributed by atoms with Crippen molar-refractivity contribution in [2.24, 2.45) is 0 Å². The van der Waals surface area contributed by atoms with Gasteiger partial charge in [-0.2, -0.15) is 0 Å². The van der Waals surface area contributed by atoms with Crippen LogP contribution in [0.2, 0.25) is 0 Å². The van der Waals surface area contributed by atoms with Crippen LogP contribution < -0.4 is 10.1 Å². The summed E-state index contributed by atoms with van der Waals surface area (Å²) in [6, 6.07) is 25.8. The Morgan fingerprint density at radius 1 is 0.976 bits per heavy atom. The molecule has 2 fully saturated rings. The van der Waals surface area contributed by atoms with Gasteiger partial charge in [-0.15, -0.1) is 0 Å². The van der Waals surface area contributed by atoms with Crippen molar-refractivity contribution in [3.63, 3.8) is 0 Å². The number of hydrogen-bond donors (Lipinski definition) is 2. The maximum absolute atomic E-state index is 13.4. The number of hydrogen-bond acceptors (Lipinski definition) is 5. The number of rotatable bonds is 6. The van der Waals surface area contributed by atoms with Gasteiger partial charge in [-0.1, -0.05) is 42.2 Å². The number of nitrogens with zero attached hydrogens (tertiary/aromatic N) is 3. The molecule has 2 aliphatic rings. The molecule has 5 rings (SSSR count). The van der Waals surface area contributed by atoms with E-state index in [1.54, 1.807) is 7.11 Å². The number of urea groups is 1. The molecule has 0 aromatic heterocycles. The van der Waals surface area contributed by atoms with Crippen molar-refractivity contribution in [3.05, 3.63) is 95.6 Å². The maximum Gasteiger partial charge on any atom is 0.321 e. The standard InChI is InChI=1S/C34H40N4O3/c1-36(2)24-34(25-39)32(28-15-13-27(14-16-28)12-11-26-9-5-4-6-10-26)31-23-37(21-7-8-22-38(31)34)33(40)35-29-17-19-30(41-3)20-18-29/h4-6,9-10,13-20,31-32,39H,7-8,21-25H2,1-3H3,(H,35,40)/t31-,32?,34-/m0/s1. The molecule has 0 bridgehead atoms. The van der Waals surface area contributed by atoms with Crippen molar-refractivity contribution in [3.8, 4) is 17.6 Å². The number of benzene rings is 3. The fraction of sp³-hybridized carbons (Fsp3) is 0.382. The molecule has 2 amide bonds. The van der Waals surface area contributed by atoms with Gasteiger partial charge in [0.15, 0.2) is 0 Å². The van der Waals surface area contributed by atoms with E-state index in [0.717, 1.165) is 48.5 Å². The Morgan fingerprint density at radius 3 is 2.27 bits per heavy atom. The summed E-state index contributed by atoms with van der Waals surface area (Å²) in [4.78, 5) is 20.0. The van der Waals surface area contributed by atoms with Crippen LogP contribution in [0, 0.1) is 11.8 Å². The summed E-state index contributed by atoms with van der Waals surface area (Å²) < 4.78 is 5.25. The molecule has 0 saturated carbocycles. The number of aliphatic hydroxyl groups excluding tert-OH is 1. The number of carbonyl (C=O) groups is 1. The first-order valence-corrected chi connectivity index (χ1v) is 14.3. The van der Waals surface area contributed by atoms with E-state index in [2.05, 4.69) is 65.3 Å². The van der Waals surface area contributed by atoms with E-state index >= 15 is 0 Å². The maximum atomic E-state index is 13.4. The van der Waals surface area contributed by atoms with Crippen molar-refractivity contribution in [2.45, 2.75) is 30.3 Å². The summed E-state index contributed by atoms with van der Waals surface area (Å²) in [7, 11) is 5.74. The van der Waals surface area contributed by atoms with E-state index in [4.69, 9.17) is 4.74 Å². The van der Waals surface area contributed by atoms with Gasteiger partial charge >= 0.3 is 6.03 Å². The third-order valence-corrected chi connectivity index (χ3v) is 8.31. The molecule has 2 N–H and O–H groups in total. The Hall–Kier alpha value is -3.83. The van der Waals surface area contributed by atoms with Gasteiger partial charge in [-0.3, -0.25) is 4.90 Å². The lowest BCUT2D eigenvalue weighted by atomic mass is 9.64. The van der Waals surface area contributed by atoms with Crippen LogP contribution in [0.5, 0.6) is 5.75 Å². The number of likely N-dealkylation sites (N-methyl/N-ethyl adjacent to an activating group) is 1. The molecule has 7 nitrogen and oxygen atoms in total. The van der Waals surface area contributed by atoms with E-state index in [9.17, 15) is 9.90 Å². The number of carbonyl (C=O) groups excluding carboxylic acids is 1. The summed E-state index contributed by atoms with van der Waals surface area (Å²) in [5.41, 5.74) is 3.43. The second-order valence-electron chi connectivity index (χ2n) is 11.3. The van der Waals surface area contributed by atoms with Crippen molar-refractivity contribution < 1.29 is 14.6 Å². The fourth-order valence-electron chi connectivity index (χ4n) is 6.47. The molecule has 0 spiro atoms. The Labute approximate surface area is 243 Å². The van der Waals surface area contributed by atoms with Gasteiger partial charge < -0.3 is 25.0 Å². The molecule has 3 atom stereocenters. The summed E-state index contributed by atoms with van der Waals surface area (Å²) in [6.45, 7) is 2.99. The molecule has 214 valence electrons. The Kier molecular flexibility index (Phi) is 8.94. The molecule has 2 saturated heterocycles. The normalized spacial score (nSPS) is 22.4. The van der Waals surface area contributed by atoms with Gasteiger partial charge in [0.1, 0.15) is 5.75 Å². The smallest absolute Gasteiger partial charge is 0.321 e. The first-order valence-electron chi connectivity index (χ1n) is 14.3. The van der Waals surface area contributed by atoms with Gasteiger partial charge in [0, 0.05) is 48.4 Å². The largest absolute Gasteiger partial charge is 0.497 e. The zero-order valence-electron chi connectivity index (χ0n) is 24.2. The number of anilines is 1.